The molecule has 2 aliphatic heterocycles. The summed E-state index contributed by atoms with van der Waals surface area (Å²) >= 11 is 0. The number of alkyl halides is 3. The van der Waals surface area contributed by atoms with Crippen molar-refractivity contribution in [1.82, 2.24) is 10.2 Å². The monoisotopic (exact) mass is 409 g/mol. The Balaban J connectivity index is 1.53. The minimum Gasteiger partial charge on any atom is -0.323 e. The fourth-order valence-electron chi connectivity index (χ4n) is 4.57. The number of hydrogen-bond acceptors (Lipinski definition) is 3. The number of nitrogens with one attached hydrogen (secondary N) is 1. The third kappa shape index (κ3) is 3.47. The Morgan fingerprint density at radius 1 is 1.10 bits per heavy atom. The fourth-order valence-corrected chi connectivity index (χ4v) is 4.57. The summed E-state index contributed by atoms with van der Waals surface area (Å²) in [7, 11) is 0. The van der Waals surface area contributed by atoms with Gasteiger partial charge >= 0.3 is 12.2 Å². The zero-order valence-electron chi connectivity index (χ0n) is 15.8. The van der Waals surface area contributed by atoms with E-state index in [4.69, 9.17) is 0 Å². The van der Waals surface area contributed by atoms with Gasteiger partial charge in [-0.1, -0.05) is 19.3 Å². The van der Waals surface area contributed by atoms with Gasteiger partial charge in [-0.2, -0.15) is 13.2 Å². The Hall–Kier alpha value is -2.58. The number of urea groups is 1. The number of fused-ring (bicyclic) bond motifs is 1. The van der Waals surface area contributed by atoms with Gasteiger partial charge in [0.2, 0.25) is 5.91 Å². The van der Waals surface area contributed by atoms with Crippen LogP contribution in [0.25, 0.3) is 0 Å². The molecule has 0 unspecified atom stereocenters. The Morgan fingerprint density at radius 3 is 2.52 bits per heavy atom. The Bertz CT molecular complexity index is 862. The molecule has 4 amide bonds. The molecule has 0 atom stereocenters. The second kappa shape index (κ2) is 7.03. The molecule has 3 aliphatic rings. The van der Waals surface area contributed by atoms with Gasteiger partial charge in [-0.3, -0.25) is 14.5 Å². The van der Waals surface area contributed by atoms with Gasteiger partial charge in [0.25, 0.3) is 5.91 Å². The summed E-state index contributed by atoms with van der Waals surface area (Å²) in [6.45, 7) is -0.0706. The molecular formula is C20H22F3N3O3. The van der Waals surface area contributed by atoms with Gasteiger partial charge in [-0.15, -0.1) is 0 Å². The summed E-state index contributed by atoms with van der Waals surface area (Å²) in [4.78, 5) is 40.5. The number of imide groups is 1. The van der Waals surface area contributed by atoms with Crippen LogP contribution in [0.4, 0.5) is 23.7 Å². The van der Waals surface area contributed by atoms with Crippen molar-refractivity contribution < 1.29 is 27.6 Å². The summed E-state index contributed by atoms with van der Waals surface area (Å²) in [6.07, 6.45) is 0.331. The summed E-state index contributed by atoms with van der Waals surface area (Å²) in [5.74, 6) is -0.845. The molecule has 1 saturated carbocycles. The van der Waals surface area contributed by atoms with Crippen LogP contribution in [0.2, 0.25) is 0 Å². The van der Waals surface area contributed by atoms with Gasteiger partial charge in [0, 0.05) is 12.2 Å². The van der Waals surface area contributed by atoms with E-state index in [1.54, 1.807) is 0 Å². The first-order valence-electron chi connectivity index (χ1n) is 9.86. The lowest BCUT2D eigenvalue weighted by Gasteiger charge is -2.32. The van der Waals surface area contributed by atoms with Crippen molar-refractivity contribution in [3.63, 3.8) is 0 Å². The van der Waals surface area contributed by atoms with Crippen LogP contribution in [-0.2, 0) is 22.2 Å². The lowest BCUT2D eigenvalue weighted by molar-refractivity contribution is -0.137. The van der Waals surface area contributed by atoms with Crippen molar-refractivity contribution >= 4 is 23.5 Å². The quantitative estimate of drug-likeness (QED) is 0.763. The number of nitrogens with zero attached hydrogens (tertiary/aromatic N) is 2. The summed E-state index contributed by atoms with van der Waals surface area (Å²) in [5, 5.41) is 2.76. The van der Waals surface area contributed by atoms with Gasteiger partial charge in [0.1, 0.15) is 12.1 Å². The van der Waals surface area contributed by atoms with Crippen molar-refractivity contribution in [3.05, 3.63) is 29.3 Å². The molecule has 1 aromatic rings. The molecule has 0 radical (unpaired) electrons. The minimum absolute atomic E-state index is 0.339. The standard InChI is InChI=1S/C20H22F3N3O3/c21-20(22,23)14-6-7-15-13(11-14)5-4-10-25(15)16(27)12-26-17(28)19(24-18(26)29)8-2-1-3-9-19/h6-7,11H,1-5,8-10,12H2,(H,24,29). The molecule has 1 saturated heterocycles. The van der Waals surface area contributed by atoms with Gasteiger partial charge < -0.3 is 10.2 Å². The number of benzene rings is 1. The second-order valence-electron chi connectivity index (χ2n) is 7.95. The molecule has 4 rings (SSSR count). The maximum atomic E-state index is 13.0. The van der Waals surface area contributed by atoms with Crippen LogP contribution in [0.5, 0.6) is 0 Å². The maximum Gasteiger partial charge on any atom is 0.416 e. The number of aryl methyl sites for hydroxylation is 1. The number of carbonyl (C=O) groups is 3. The van der Waals surface area contributed by atoms with Crippen molar-refractivity contribution in [2.45, 2.75) is 56.7 Å². The van der Waals surface area contributed by atoms with E-state index in [0.717, 1.165) is 36.3 Å². The molecule has 2 heterocycles. The molecule has 1 spiro atoms. The highest BCUT2D eigenvalue weighted by Crippen LogP contribution is 2.36. The smallest absolute Gasteiger partial charge is 0.323 e. The molecule has 156 valence electrons. The van der Waals surface area contributed by atoms with E-state index in [2.05, 4.69) is 5.32 Å². The maximum absolute atomic E-state index is 13.0. The second-order valence-corrected chi connectivity index (χ2v) is 7.95. The predicted molar refractivity (Wildman–Crippen MR) is 98.2 cm³/mol. The number of halogens is 3. The first-order chi connectivity index (χ1) is 13.7. The number of rotatable bonds is 2. The normalized spacial score (nSPS) is 21.3. The highest BCUT2D eigenvalue weighted by molar-refractivity contribution is 6.10. The van der Waals surface area contributed by atoms with E-state index in [9.17, 15) is 27.6 Å². The average Bonchev–Trinajstić information content (AvgIpc) is 2.90. The molecule has 6 nitrogen and oxygen atoms in total. The van der Waals surface area contributed by atoms with Crippen molar-refractivity contribution in [3.8, 4) is 0 Å². The topological polar surface area (TPSA) is 69.7 Å². The number of amides is 4. The molecule has 0 bridgehead atoms. The van der Waals surface area contributed by atoms with Crippen molar-refractivity contribution in [1.29, 1.82) is 0 Å². The zero-order chi connectivity index (χ0) is 20.8. The first kappa shape index (κ1) is 19.7. The van der Waals surface area contributed by atoms with Crippen molar-refractivity contribution in [2.75, 3.05) is 18.0 Å². The molecular weight excluding hydrogens is 387 g/mol. The molecule has 29 heavy (non-hydrogen) atoms. The van der Waals surface area contributed by atoms with E-state index in [0.29, 0.717) is 43.5 Å². The number of anilines is 1. The lowest BCUT2D eigenvalue weighted by atomic mass is 9.82. The number of carbonyl (C=O) groups excluding carboxylic acids is 3. The van der Waals surface area contributed by atoms with Gasteiger partial charge in [-0.25, -0.2) is 4.79 Å². The third-order valence-electron chi connectivity index (χ3n) is 6.07. The Morgan fingerprint density at radius 2 is 1.83 bits per heavy atom. The summed E-state index contributed by atoms with van der Waals surface area (Å²) in [6, 6.07) is 2.74. The molecule has 1 aliphatic carbocycles. The van der Waals surface area contributed by atoms with Crippen LogP contribution >= 0.6 is 0 Å². The van der Waals surface area contributed by atoms with Crippen LogP contribution in [0.15, 0.2) is 18.2 Å². The van der Waals surface area contributed by atoms with Crippen molar-refractivity contribution in [2.24, 2.45) is 0 Å². The number of hydrogen-bond donors (Lipinski definition) is 1. The fraction of sp³-hybridized carbons (Fsp3) is 0.550. The van der Waals surface area contributed by atoms with E-state index in [1.165, 1.54) is 11.0 Å². The Labute approximate surface area is 166 Å². The van der Waals surface area contributed by atoms with Crippen LogP contribution in [-0.4, -0.2) is 41.4 Å². The van der Waals surface area contributed by atoms with Gasteiger partial charge in [0.15, 0.2) is 0 Å². The molecule has 0 aromatic heterocycles. The van der Waals surface area contributed by atoms with E-state index >= 15 is 0 Å². The van der Waals surface area contributed by atoms with Crippen LogP contribution < -0.4 is 10.2 Å². The highest BCUT2D eigenvalue weighted by Gasteiger charge is 2.51. The predicted octanol–water partition coefficient (Wildman–Crippen LogP) is 3.24. The Kier molecular flexibility index (Phi) is 4.78. The summed E-state index contributed by atoms with van der Waals surface area (Å²) < 4.78 is 38.9. The zero-order valence-corrected chi connectivity index (χ0v) is 15.8. The lowest BCUT2D eigenvalue weighted by Crippen LogP contribution is -2.49. The van der Waals surface area contributed by atoms with Crippen LogP contribution in [0, 0.1) is 0 Å². The summed E-state index contributed by atoms with van der Waals surface area (Å²) in [5.41, 5.74) is -0.801. The van der Waals surface area contributed by atoms with Gasteiger partial charge in [-0.05, 0) is 49.4 Å². The van der Waals surface area contributed by atoms with E-state index < -0.39 is 35.8 Å². The SMILES string of the molecule is O=C1NC2(CCCCC2)C(=O)N1CC(=O)N1CCCc2cc(C(F)(F)F)ccc21. The highest BCUT2D eigenvalue weighted by atomic mass is 19.4. The minimum atomic E-state index is -4.45. The molecule has 1 N–H and O–H groups in total. The molecule has 2 fully saturated rings. The average molecular weight is 409 g/mol. The molecule has 1 aromatic carbocycles. The first-order valence-corrected chi connectivity index (χ1v) is 9.86. The third-order valence-corrected chi connectivity index (χ3v) is 6.07. The van der Waals surface area contributed by atoms with E-state index in [-0.39, 0.29) is 5.91 Å². The molecule has 9 heteroatoms. The van der Waals surface area contributed by atoms with Gasteiger partial charge in [0.05, 0.1) is 5.56 Å². The van der Waals surface area contributed by atoms with E-state index in [1.807, 2.05) is 0 Å². The van der Waals surface area contributed by atoms with Crippen LogP contribution in [0.3, 0.4) is 0 Å². The largest absolute Gasteiger partial charge is 0.416 e. The van der Waals surface area contributed by atoms with Crippen LogP contribution in [0.1, 0.15) is 49.7 Å².